The summed E-state index contributed by atoms with van der Waals surface area (Å²) in [6.07, 6.45) is 42.0. The summed E-state index contributed by atoms with van der Waals surface area (Å²) in [7, 11) is 0. The van der Waals surface area contributed by atoms with E-state index in [-0.39, 0.29) is 0 Å². The highest BCUT2D eigenvalue weighted by molar-refractivity contribution is 4.52. The SMILES string of the molecule is NCCCCCCCCCCCCCCCCCCO[N+](=O)OCCCCCCCCCCCCCCCCCCN. The van der Waals surface area contributed by atoms with Gasteiger partial charge < -0.3 is 11.5 Å². The first-order valence-corrected chi connectivity index (χ1v) is 18.9. The maximum Gasteiger partial charge on any atom is 0.477 e. The zero-order chi connectivity index (χ0) is 30.4. The van der Waals surface area contributed by atoms with Gasteiger partial charge in [-0.1, -0.05) is 167 Å². The summed E-state index contributed by atoms with van der Waals surface area (Å²) < 4.78 is 0. The molecule has 252 valence electrons. The molecule has 6 heteroatoms. The Bertz CT molecular complexity index is 465. The lowest BCUT2D eigenvalue weighted by Gasteiger charge is -2.03. The molecule has 0 saturated heterocycles. The van der Waals surface area contributed by atoms with Crippen molar-refractivity contribution < 1.29 is 14.8 Å². The average molecular weight is 599 g/mol. The lowest BCUT2D eigenvalue weighted by Crippen LogP contribution is -2.12. The van der Waals surface area contributed by atoms with E-state index in [0.29, 0.717) is 18.3 Å². The Kier molecular flexibility index (Phi) is 37.3. The highest BCUT2D eigenvalue weighted by atomic mass is 17.0. The second-order valence-corrected chi connectivity index (χ2v) is 12.8. The first-order valence-electron chi connectivity index (χ1n) is 18.9. The molecule has 42 heavy (non-hydrogen) atoms. The van der Waals surface area contributed by atoms with Crippen LogP contribution in [0.1, 0.15) is 205 Å². The fourth-order valence-electron chi connectivity index (χ4n) is 5.76. The normalized spacial score (nSPS) is 11.3. The predicted octanol–water partition coefficient (Wildman–Crippen LogP) is 11.0. The Morgan fingerprint density at radius 1 is 0.286 bits per heavy atom. The molecule has 0 aromatic carbocycles. The van der Waals surface area contributed by atoms with E-state index in [1.807, 2.05) is 0 Å². The predicted molar refractivity (Wildman–Crippen MR) is 181 cm³/mol. The van der Waals surface area contributed by atoms with Gasteiger partial charge in [0, 0.05) is 0 Å². The van der Waals surface area contributed by atoms with Crippen molar-refractivity contribution in [2.45, 2.75) is 205 Å². The summed E-state index contributed by atoms with van der Waals surface area (Å²) >= 11 is 0. The Balaban J connectivity index is 3.14. The van der Waals surface area contributed by atoms with Gasteiger partial charge in [0.2, 0.25) is 0 Å². The van der Waals surface area contributed by atoms with Gasteiger partial charge in [-0.25, -0.2) is 0 Å². The van der Waals surface area contributed by atoms with Crippen molar-refractivity contribution in [2.75, 3.05) is 26.3 Å². The first kappa shape index (κ1) is 41.1. The molecular weight excluding hydrogens is 522 g/mol. The summed E-state index contributed by atoms with van der Waals surface area (Å²) in [6, 6.07) is 0. The van der Waals surface area contributed by atoms with Crippen molar-refractivity contribution in [1.29, 1.82) is 0 Å². The Hall–Kier alpha value is -0.880. The number of nitrogens with zero attached hydrogens (tertiary/aromatic N) is 1. The van der Waals surface area contributed by atoms with Gasteiger partial charge in [-0.2, -0.15) is 9.68 Å². The van der Waals surface area contributed by atoms with Gasteiger partial charge in [0.1, 0.15) is 4.91 Å². The molecule has 0 amide bonds. The van der Waals surface area contributed by atoms with Crippen LogP contribution in [0.5, 0.6) is 0 Å². The molecule has 0 spiro atoms. The zero-order valence-corrected chi connectivity index (χ0v) is 28.3. The smallest absolute Gasteiger partial charge is 0.330 e. The molecule has 0 rings (SSSR count). The van der Waals surface area contributed by atoms with Gasteiger partial charge in [0.05, 0.1) is 0 Å². The van der Waals surface area contributed by atoms with Crippen LogP contribution in [0.25, 0.3) is 0 Å². The van der Waals surface area contributed by atoms with E-state index >= 15 is 0 Å². The van der Waals surface area contributed by atoms with Crippen LogP contribution in [-0.4, -0.2) is 31.4 Å². The minimum atomic E-state index is 0.337. The van der Waals surface area contributed by atoms with Crippen LogP contribution in [0.15, 0.2) is 0 Å². The highest BCUT2D eigenvalue weighted by Crippen LogP contribution is 2.15. The third-order valence-electron chi connectivity index (χ3n) is 8.59. The van der Waals surface area contributed by atoms with E-state index in [2.05, 4.69) is 0 Å². The van der Waals surface area contributed by atoms with E-state index in [4.69, 9.17) is 21.1 Å². The van der Waals surface area contributed by atoms with Gasteiger partial charge in [-0.3, -0.25) is 0 Å². The number of rotatable bonds is 38. The lowest BCUT2D eigenvalue weighted by molar-refractivity contribution is -0.981. The molecule has 0 unspecified atom stereocenters. The standard InChI is InChI=1S/C36H76N3O3/c37-33-29-25-21-17-13-9-5-1-3-7-11-15-19-23-27-31-35-41-39(40)42-36-32-28-24-20-16-12-8-4-2-6-10-14-18-22-26-30-34-38/h1-38H2/q+1. The van der Waals surface area contributed by atoms with Gasteiger partial charge >= 0.3 is 5.09 Å². The molecule has 0 aromatic heterocycles. The Labute approximate surface area is 262 Å². The fraction of sp³-hybridized carbons (Fsp3) is 1.00. The average Bonchev–Trinajstić information content (AvgIpc) is 3.00. The molecule has 4 N–H and O–H groups in total. The summed E-state index contributed by atoms with van der Waals surface area (Å²) in [5, 5.41) is 0.337. The fourth-order valence-corrected chi connectivity index (χ4v) is 5.76. The molecule has 0 aromatic rings. The summed E-state index contributed by atoms with van der Waals surface area (Å²) in [5.74, 6) is 0. The molecule has 0 aliphatic carbocycles. The minimum Gasteiger partial charge on any atom is -0.330 e. The summed E-state index contributed by atoms with van der Waals surface area (Å²) in [5.41, 5.74) is 11.1. The maximum absolute atomic E-state index is 11.7. The molecule has 0 heterocycles. The summed E-state index contributed by atoms with van der Waals surface area (Å²) in [4.78, 5) is 21.9. The van der Waals surface area contributed by atoms with Gasteiger partial charge in [0.25, 0.3) is 0 Å². The van der Waals surface area contributed by atoms with E-state index in [9.17, 15) is 4.91 Å². The molecule has 6 nitrogen and oxygen atoms in total. The third kappa shape index (κ3) is 37.1. The Morgan fingerprint density at radius 2 is 0.452 bits per heavy atom. The van der Waals surface area contributed by atoms with Crippen LogP contribution >= 0.6 is 0 Å². The van der Waals surface area contributed by atoms with Crippen LogP contribution in [0.2, 0.25) is 0 Å². The summed E-state index contributed by atoms with van der Waals surface area (Å²) in [6.45, 7) is 2.63. The third-order valence-corrected chi connectivity index (χ3v) is 8.59. The second kappa shape index (κ2) is 38.1. The quantitative estimate of drug-likeness (QED) is 0.0545. The Morgan fingerprint density at radius 3 is 0.643 bits per heavy atom. The lowest BCUT2D eigenvalue weighted by atomic mass is 10.0. The van der Waals surface area contributed by atoms with E-state index in [1.54, 1.807) is 0 Å². The molecule has 0 bridgehead atoms. The van der Waals surface area contributed by atoms with Crippen molar-refractivity contribution in [3.8, 4) is 0 Å². The van der Waals surface area contributed by atoms with Gasteiger partial charge in [-0.05, 0) is 51.6 Å². The van der Waals surface area contributed by atoms with E-state index in [0.717, 1.165) is 38.8 Å². The van der Waals surface area contributed by atoms with Crippen LogP contribution in [0.4, 0.5) is 0 Å². The largest absolute Gasteiger partial charge is 0.477 e. The topological polar surface area (TPSA) is 90.6 Å². The molecule has 0 fully saturated rings. The van der Waals surface area contributed by atoms with Crippen LogP contribution in [0.3, 0.4) is 0 Å². The molecule has 0 atom stereocenters. The van der Waals surface area contributed by atoms with Gasteiger partial charge in [-0.15, -0.1) is 0 Å². The van der Waals surface area contributed by atoms with Crippen molar-refractivity contribution in [2.24, 2.45) is 11.5 Å². The van der Waals surface area contributed by atoms with E-state index < -0.39 is 0 Å². The molecule has 0 radical (unpaired) electrons. The number of unbranched alkanes of at least 4 members (excludes halogenated alkanes) is 30. The minimum absolute atomic E-state index is 0.337. The molecule has 0 saturated carbocycles. The number of nitrogens with two attached hydrogens (primary N) is 2. The first-order chi connectivity index (χ1) is 20.8. The number of hydrogen-bond acceptors (Lipinski definition) is 5. The maximum atomic E-state index is 11.7. The number of hydrogen-bond donors (Lipinski definition) is 2. The molecule has 0 aliphatic heterocycles. The van der Waals surface area contributed by atoms with Crippen molar-refractivity contribution >= 4 is 0 Å². The molecular formula is C36H76N3O3+. The van der Waals surface area contributed by atoms with E-state index in [1.165, 1.54) is 180 Å². The van der Waals surface area contributed by atoms with Crippen molar-refractivity contribution in [1.82, 2.24) is 0 Å². The van der Waals surface area contributed by atoms with Crippen LogP contribution in [-0.2, 0) is 9.68 Å². The van der Waals surface area contributed by atoms with Crippen molar-refractivity contribution in [3.05, 3.63) is 4.91 Å². The monoisotopic (exact) mass is 599 g/mol. The zero-order valence-electron chi connectivity index (χ0n) is 28.3. The van der Waals surface area contributed by atoms with Crippen molar-refractivity contribution in [3.63, 3.8) is 0 Å². The van der Waals surface area contributed by atoms with Gasteiger partial charge in [0.15, 0.2) is 13.2 Å². The highest BCUT2D eigenvalue weighted by Gasteiger charge is 2.11. The van der Waals surface area contributed by atoms with Crippen LogP contribution in [0, 0.1) is 4.91 Å². The molecule has 0 aliphatic rings. The second-order valence-electron chi connectivity index (χ2n) is 12.8. The van der Waals surface area contributed by atoms with Crippen LogP contribution < -0.4 is 11.5 Å².